The van der Waals surface area contributed by atoms with Gasteiger partial charge in [0.1, 0.15) is 5.75 Å². The second-order valence-electron chi connectivity index (χ2n) is 5.29. The minimum absolute atomic E-state index is 0.183. The molecule has 0 bridgehead atoms. The van der Waals surface area contributed by atoms with Crippen LogP contribution in [0.2, 0.25) is 15.1 Å². The first-order valence-electron chi connectivity index (χ1n) is 7.21. The standard InChI is InChI=1S/C17H15Cl3N2O3/c1-9-5-12(6-10(2)16(9)20)25-8-15(23)21-22-17(24)13-4-3-11(18)7-14(13)19/h3-7H,8H2,1-2H3,(H,21,23)(H,22,24). The Balaban J connectivity index is 1.87. The van der Waals surface area contributed by atoms with Gasteiger partial charge in [0.25, 0.3) is 11.8 Å². The number of hydrazine groups is 1. The summed E-state index contributed by atoms with van der Waals surface area (Å²) in [4.78, 5) is 23.8. The third kappa shape index (κ3) is 5.26. The number of carbonyl (C=O) groups excluding carboxylic acids is 2. The molecule has 132 valence electrons. The van der Waals surface area contributed by atoms with Gasteiger partial charge < -0.3 is 4.74 Å². The average Bonchev–Trinajstić information content (AvgIpc) is 2.55. The van der Waals surface area contributed by atoms with Crippen LogP contribution in [0, 0.1) is 13.8 Å². The van der Waals surface area contributed by atoms with Gasteiger partial charge in [-0.25, -0.2) is 0 Å². The number of aryl methyl sites for hydroxylation is 2. The van der Waals surface area contributed by atoms with Crippen LogP contribution in [0.25, 0.3) is 0 Å². The predicted molar refractivity (Wildman–Crippen MR) is 98.5 cm³/mol. The maximum absolute atomic E-state index is 12.0. The summed E-state index contributed by atoms with van der Waals surface area (Å²) in [5.41, 5.74) is 6.40. The molecule has 0 heterocycles. The zero-order valence-corrected chi connectivity index (χ0v) is 15.7. The van der Waals surface area contributed by atoms with Crippen LogP contribution in [0.3, 0.4) is 0 Å². The van der Waals surface area contributed by atoms with Crippen LogP contribution in [0.4, 0.5) is 0 Å². The Morgan fingerprint density at radius 3 is 2.24 bits per heavy atom. The molecule has 0 saturated heterocycles. The quantitative estimate of drug-likeness (QED) is 0.758. The largest absolute Gasteiger partial charge is 0.484 e. The van der Waals surface area contributed by atoms with E-state index in [1.807, 2.05) is 13.8 Å². The van der Waals surface area contributed by atoms with E-state index in [9.17, 15) is 9.59 Å². The molecule has 0 unspecified atom stereocenters. The Labute approximate surface area is 160 Å². The highest BCUT2D eigenvalue weighted by Gasteiger charge is 2.12. The van der Waals surface area contributed by atoms with Gasteiger partial charge in [-0.3, -0.25) is 20.4 Å². The fraction of sp³-hybridized carbons (Fsp3) is 0.176. The Morgan fingerprint density at radius 2 is 1.64 bits per heavy atom. The third-order valence-electron chi connectivity index (χ3n) is 3.27. The highest BCUT2D eigenvalue weighted by Crippen LogP contribution is 2.25. The molecule has 8 heteroatoms. The lowest BCUT2D eigenvalue weighted by atomic mass is 10.1. The molecule has 0 fully saturated rings. The predicted octanol–water partition coefficient (Wildman–Crippen LogP) is 4.10. The van der Waals surface area contributed by atoms with E-state index in [0.717, 1.165) is 11.1 Å². The summed E-state index contributed by atoms with van der Waals surface area (Å²) in [5, 5.41) is 1.25. The molecule has 5 nitrogen and oxygen atoms in total. The van der Waals surface area contributed by atoms with Crippen molar-refractivity contribution in [3.05, 3.63) is 62.1 Å². The Morgan fingerprint density at radius 1 is 1.00 bits per heavy atom. The highest BCUT2D eigenvalue weighted by molar-refractivity contribution is 6.36. The van der Waals surface area contributed by atoms with Gasteiger partial charge >= 0.3 is 0 Å². The third-order valence-corrected chi connectivity index (χ3v) is 4.42. The van der Waals surface area contributed by atoms with Crippen LogP contribution < -0.4 is 15.6 Å². The van der Waals surface area contributed by atoms with Gasteiger partial charge in [0, 0.05) is 10.0 Å². The van der Waals surface area contributed by atoms with Crippen LogP contribution >= 0.6 is 34.8 Å². The van der Waals surface area contributed by atoms with Crippen LogP contribution in [-0.4, -0.2) is 18.4 Å². The number of amides is 2. The second kappa shape index (κ2) is 8.43. The summed E-state index contributed by atoms with van der Waals surface area (Å²) >= 11 is 17.8. The lowest BCUT2D eigenvalue weighted by Crippen LogP contribution is -2.43. The molecule has 2 N–H and O–H groups in total. The highest BCUT2D eigenvalue weighted by atomic mass is 35.5. The summed E-state index contributed by atoms with van der Waals surface area (Å²) in [6.07, 6.45) is 0. The summed E-state index contributed by atoms with van der Waals surface area (Å²) in [7, 11) is 0. The van der Waals surface area contributed by atoms with Crippen molar-refractivity contribution in [2.24, 2.45) is 0 Å². The van der Waals surface area contributed by atoms with E-state index in [-0.39, 0.29) is 17.2 Å². The van der Waals surface area contributed by atoms with E-state index in [4.69, 9.17) is 39.5 Å². The fourth-order valence-corrected chi connectivity index (χ4v) is 2.65. The molecule has 0 saturated carbocycles. The van der Waals surface area contributed by atoms with E-state index >= 15 is 0 Å². The smallest absolute Gasteiger partial charge is 0.276 e. The first-order chi connectivity index (χ1) is 11.8. The van der Waals surface area contributed by atoms with Crippen LogP contribution in [-0.2, 0) is 4.79 Å². The van der Waals surface area contributed by atoms with E-state index in [0.29, 0.717) is 15.8 Å². The van der Waals surface area contributed by atoms with Crippen molar-refractivity contribution in [2.45, 2.75) is 13.8 Å². The van der Waals surface area contributed by atoms with Crippen molar-refractivity contribution in [1.29, 1.82) is 0 Å². The number of halogens is 3. The lowest BCUT2D eigenvalue weighted by Gasteiger charge is -2.11. The number of carbonyl (C=O) groups is 2. The second-order valence-corrected chi connectivity index (χ2v) is 6.51. The molecule has 0 spiro atoms. The normalized spacial score (nSPS) is 10.3. The molecule has 0 aliphatic heterocycles. The fourth-order valence-electron chi connectivity index (χ4n) is 2.04. The summed E-state index contributed by atoms with van der Waals surface area (Å²) in [6.45, 7) is 3.42. The van der Waals surface area contributed by atoms with Crippen molar-refractivity contribution in [3.8, 4) is 5.75 Å². The van der Waals surface area contributed by atoms with E-state index in [2.05, 4.69) is 10.9 Å². The molecule has 2 amide bonds. The molecule has 0 radical (unpaired) electrons. The van der Waals surface area contributed by atoms with Gasteiger partial charge in [-0.2, -0.15) is 0 Å². The lowest BCUT2D eigenvalue weighted by molar-refractivity contribution is -0.123. The minimum atomic E-state index is -0.562. The van der Waals surface area contributed by atoms with E-state index < -0.39 is 11.8 Å². The van der Waals surface area contributed by atoms with Gasteiger partial charge in [0.2, 0.25) is 0 Å². The molecule has 0 aliphatic carbocycles. The zero-order valence-electron chi connectivity index (χ0n) is 13.5. The maximum atomic E-state index is 12.0. The molecule has 2 aromatic carbocycles. The minimum Gasteiger partial charge on any atom is -0.484 e. The summed E-state index contributed by atoms with van der Waals surface area (Å²) in [6, 6.07) is 7.89. The molecule has 0 aliphatic rings. The molecule has 25 heavy (non-hydrogen) atoms. The maximum Gasteiger partial charge on any atom is 0.276 e. The van der Waals surface area contributed by atoms with Crippen molar-refractivity contribution in [1.82, 2.24) is 10.9 Å². The number of benzene rings is 2. The monoisotopic (exact) mass is 400 g/mol. The van der Waals surface area contributed by atoms with Gasteiger partial charge in [-0.15, -0.1) is 0 Å². The summed E-state index contributed by atoms with van der Waals surface area (Å²) in [5.74, 6) is -0.571. The molecular weight excluding hydrogens is 387 g/mol. The van der Waals surface area contributed by atoms with Crippen molar-refractivity contribution in [3.63, 3.8) is 0 Å². The topological polar surface area (TPSA) is 67.4 Å². The van der Waals surface area contributed by atoms with Crippen molar-refractivity contribution >= 4 is 46.6 Å². The van der Waals surface area contributed by atoms with Gasteiger partial charge in [-0.05, 0) is 55.3 Å². The van der Waals surface area contributed by atoms with Crippen molar-refractivity contribution < 1.29 is 14.3 Å². The van der Waals surface area contributed by atoms with Crippen LogP contribution in [0.1, 0.15) is 21.5 Å². The average molecular weight is 402 g/mol. The zero-order chi connectivity index (χ0) is 18.6. The first kappa shape index (κ1) is 19.4. The Bertz CT molecular complexity index is 802. The molecule has 2 rings (SSSR count). The molecular formula is C17H15Cl3N2O3. The number of rotatable bonds is 4. The molecule has 2 aromatic rings. The number of hydrogen-bond acceptors (Lipinski definition) is 3. The van der Waals surface area contributed by atoms with Gasteiger partial charge in [0.15, 0.2) is 6.61 Å². The number of ether oxygens (including phenoxy) is 1. The van der Waals surface area contributed by atoms with Crippen LogP contribution in [0.15, 0.2) is 30.3 Å². The first-order valence-corrected chi connectivity index (χ1v) is 8.35. The van der Waals surface area contributed by atoms with Crippen LogP contribution in [0.5, 0.6) is 5.75 Å². The number of nitrogens with one attached hydrogen (secondary N) is 2. The SMILES string of the molecule is Cc1cc(OCC(=O)NNC(=O)c2ccc(Cl)cc2Cl)cc(C)c1Cl. The van der Waals surface area contributed by atoms with Crippen molar-refractivity contribution in [2.75, 3.05) is 6.61 Å². The number of hydrogen-bond donors (Lipinski definition) is 2. The molecule has 0 atom stereocenters. The van der Waals surface area contributed by atoms with Gasteiger partial charge in [0.05, 0.1) is 10.6 Å². The van der Waals surface area contributed by atoms with E-state index in [1.165, 1.54) is 18.2 Å². The Kier molecular flexibility index (Phi) is 6.53. The molecule has 0 aromatic heterocycles. The van der Waals surface area contributed by atoms with E-state index in [1.54, 1.807) is 12.1 Å². The Hall–Kier alpha value is -1.95. The van der Waals surface area contributed by atoms with Gasteiger partial charge in [-0.1, -0.05) is 34.8 Å². The summed E-state index contributed by atoms with van der Waals surface area (Å²) < 4.78 is 5.40.